The summed E-state index contributed by atoms with van der Waals surface area (Å²) in [4.78, 5) is 2.52. The van der Waals surface area contributed by atoms with Crippen LogP contribution in [0.15, 0.2) is 24.3 Å². The van der Waals surface area contributed by atoms with Gasteiger partial charge in [-0.15, -0.1) is 0 Å². The van der Waals surface area contributed by atoms with E-state index in [-0.39, 0.29) is 0 Å². The number of hydrogen-bond donors (Lipinski definition) is 0. The summed E-state index contributed by atoms with van der Waals surface area (Å²) in [6, 6.07) is 8.60. The average molecular weight is 263 g/mol. The van der Waals surface area contributed by atoms with Crippen molar-refractivity contribution in [2.24, 2.45) is 0 Å². The van der Waals surface area contributed by atoms with E-state index in [1.54, 1.807) is 0 Å². The molecule has 0 aromatic heterocycles. The van der Waals surface area contributed by atoms with Crippen LogP contribution in [-0.4, -0.2) is 37.2 Å². The summed E-state index contributed by atoms with van der Waals surface area (Å²) in [5.41, 5.74) is 0. The van der Waals surface area contributed by atoms with Crippen LogP contribution in [0.3, 0.4) is 0 Å². The van der Waals surface area contributed by atoms with Crippen molar-refractivity contribution in [2.45, 2.75) is 39.2 Å². The first-order valence-electron chi connectivity index (χ1n) is 7.40. The van der Waals surface area contributed by atoms with Gasteiger partial charge in [0.1, 0.15) is 6.61 Å². The highest BCUT2D eigenvalue weighted by atomic mass is 16.5. The number of para-hydroxylation sites is 2. The SMILES string of the molecule is CCOc1ccccc1OCCN1CCCCC1C. The maximum atomic E-state index is 5.87. The second-order valence-electron chi connectivity index (χ2n) is 5.11. The van der Waals surface area contributed by atoms with E-state index >= 15 is 0 Å². The Balaban J connectivity index is 1.81. The van der Waals surface area contributed by atoms with Crippen LogP contribution in [0.1, 0.15) is 33.1 Å². The highest BCUT2D eigenvalue weighted by molar-refractivity contribution is 5.39. The molecule has 0 saturated carbocycles. The smallest absolute Gasteiger partial charge is 0.161 e. The molecular formula is C16H25NO2. The Hall–Kier alpha value is -1.22. The molecule has 0 amide bonds. The molecule has 0 spiro atoms. The largest absolute Gasteiger partial charge is 0.490 e. The summed E-state index contributed by atoms with van der Waals surface area (Å²) in [5.74, 6) is 1.70. The number of likely N-dealkylation sites (tertiary alicyclic amines) is 1. The first kappa shape index (κ1) is 14.2. The number of nitrogens with zero attached hydrogens (tertiary/aromatic N) is 1. The minimum atomic E-state index is 0.670. The fourth-order valence-electron chi connectivity index (χ4n) is 2.61. The third-order valence-corrected chi connectivity index (χ3v) is 3.73. The van der Waals surface area contributed by atoms with Gasteiger partial charge in [-0.2, -0.15) is 0 Å². The van der Waals surface area contributed by atoms with Gasteiger partial charge in [0.2, 0.25) is 0 Å². The van der Waals surface area contributed by atoms with Gasteiger partial charge in [-0.3, -0.25) is 4.90 Å². The molecule has 19 heavy (non-hydrogen) atoms. The van der Waals surface area contributed by atoms with E-state index in [1.165, 1.54) is 25.8 Å². The average Bonchev–Trinajstić information content (AvgIpc) is 2.43. The molecule has 1 atom stereocenters. The Labute approximate surface area is 116 Å². The van der Waals surface area contributed by atoms with Crippen molar-refractivity contribution in [3.05, 3.63) is 24.3 Å². The lowest BCUT2D eigenvalue weighted by Crippen LogP contribution is -2.39. The van der Waals surface area contributed by atoms with Crippen molar-refractivity contribution in [1.29, 1.82) is 0 Å². The Bertz CT molecular complexity index is 381. The predicted molar refractivity (Wildman–Crippen MR) is 78.0 cm³/mol. The molecule has 3 nitrogen and oxygen atoms in total. The fraction of sp³-hybridized carbons (Fsp3) is 0.625. The second kappa shape index (κ2) is 7.39. The van der Waals surface area contributed by atoms with Gasteiger partial charge < -0.3 is 9.47 Å². The summed E-state index contributed by atoms with van der Waals surface area (Å²) < 4.78 is 11.4. The van der Waals surface area contributed by atoms with Gasteiger partial charge in [-0.1, -0.05) is 18.6 Å². The van der Waals surface area contributed by atoms with Crippen molar-refractivity contribution < 1.29 is 9.47 Å². The third kappa shape index (κ3) is 4.13. The first-order valence-corrected chi connectivity index (χ1v) is 7.40. The highest BCUT2D eigenvalue weighted by Crippen LogP contribution is 2.26. The molecule has 1 aromatic carbocycles. The number of rotatable bonds is 6. The maximum Gasteiger partial charge on any atom is 0.161 e. The van der Waals surface area contributed by atoms with Crippen LogP contribution in [0.5, 0.6) is 11.5 Å². The molecule has 1 fully saturated rings. The second-order valence-corrected chi connectivity index (χ2v) is 5.11. The van der Waals surface area contributed by atoms with Gasteiger partial charge >= 0.3 is 0 Å². The Morgan fingerprint density at radius 1 is 1.16 bits per heavy atom. The molecule has 0 aliphatic carbocycles. The molecule has 2 rings (SSSR count). The van der Waals surface area contributed by atoms with Crippen molar-refractivity contribution in [2.75, 3.05) is 26.3 Å². The van der Waals surface area contributed by atoms with Gasteiger partial charge in [0.05, 0.1) is 6.61 Å². The van der Waals surface area contributed by atoms with Crippen LogP contribution in [-0.2, 0) is 0 Å². The highest BCUT2D eigenvalue weighted by Gasteiger charge is 2.17. The molecule has 3 heteroatoms. The van der Waals surface area contributed by atoms with Crippen LogP contribution >= 0.6 is 0 Å². The zero-order valence-corrected chi connectivity index (χ0v) is 12.1. The molecule has 0 radical (unpaired) electrons. The molecule has 1 aromatic rings. The molecule has 106 valence electrons. The number of hydrogen-bond acceptors (Lipinski definition) is 3. The first-order chi connectivity index (χ1) is 9.31. The van der Waals surface area contributed by atoms with E-state index in [9.17, 15) is 0 Å². The topological polar surface area (TPSA) is 21.7 Å². The summed E-state index contributed by atoms with van der Waals surface area (Å²) in [5, 5.41) is 0. The minimum Gasteiger partial charge on any atom is -0.490 e. The van der Waals surface area contributed by atoms with Gasteiger partial charge in [-0.05, 0) is 45.4 Å². The van der Waals surface area contributed by atoms with E-state index in [0.29, 0.717) is 12.6 Å². The summed E-state index contributed by atoms with van der Waals surface area (Å²) in [7, 11) is 0. The van der Waals surface area contributed by atoms with Crippen LogP contribution in [0.2, 0.25) is 0 Å². The standard InChI is InChI=1S/C16H25NO2/c1-3-18-15-9-4-5-10-16(15)19-13-12-17-11-7-6-8-14(17)2/h4-5,9-10,14H,3,6-8,11-13H2,1-2H3. The van der Waals surface area contributed by atoms with Crippen molar-refractivity contribution in [3.63, 3.8) is 0 Å². The van der Waals surface area contributed by atoms with Crippen LogP contribution in [0.4, 0.5) is 0 Å². The van der Waals surface area contributed by atoms with Crippen LogP contribution in [0.25, 0.3) is 0 Å². The zero-order chi connectivity index (χ0) is 13.5. The van der Waals surface area contributed by atoms with Gasteiger partial charge in [0, 0.05) is 12.6 Å². The lowest BCUT2D eigenvalue weighted by Gasteiger charge is -2.33. The number of benzene rings is 1. The Kier molecular flexibility index (Phi) is 5.52. The lowest BCUT2D eigenvalue weighted by molar-refractivity contribution is 0.132. The van der Waals surface area contributed by atoms with E-state index in [2.05, 4.69) is 11.8 Å². The van der Waals surface area contributed by atoms with Crippen molar-refractivity contribution >= 4 is 0 Å². The van der Waals surface area contributed by atoms with Crippen molar-refractivity contribution in [3.8, 4) is 11.5 Å². The monoisotopic (exact) mass is 263 g/mol. The summed E-state index contributed by atoms with van der Waals surface area (Å²) in [6.45, 7) is 7.91. The molecule has 1 unspecified atom stereocenters. The van der Waals surface area contributed by atoms with Gasteiger partial charge in [0.25, 0.3) is 0 Å². The summed E-state index contributed by atoms with van der Waals surface area (Å²) in [6.07, 6.45) is 4.00. The quantitative estimate of drug-likeness (QED) is 0.785. The molecular weight excluding hydrogens is 238 g/mol. The molecule has 1 saturated heterocycles. The molecule has 1 aliphatic heterocycles. The predicted octanol–water partition coefficient (Wildman–Crippen LogP) is 3.34. The normalized spacial score (nSPS) is 20.2. The van der Waals surface area contributed by atoms with Gasteiger partial charge in [-0.25, -0.2) is 0 Å². The van der Waals surface area contributed by atoms with E-state index in [4.69, 9.17) is 9.47 Å². The Morgan fingerprint density at radius 3 is 2.58 bits per heavy atom. The van der Waals surface area contributed by atoms with Crippen molar-refractivity contribution in [1.82, 2.24) is 4.90 Å². The summed E-state index contributed by atoms with van der Waals surface area (Å²) >= 11 is 0. The van der Waals surface area contributed by atoms with Crippen LogP contribution < -0.4 is 9.47 Å². The number of piperidine rings is 1. The Morgan fingerprint density at radius 2 is 1.89 bits per heavy atom. The lowest BCUT2D eigenvalue weighted by atomic mass is 10.0. The molecule has 0 bridgehead atoms. The zero-order valence-electron chi connectivity index (χ0n) is 12.1. The van der Waals surface area contributed by atoms with E-state index < -0.39 is 0 Å². The fourth-order valence-corrected chi connectivity index (χ4v) is 2.61. The van der Waals surface area contributed by atoms with E-state index in [1.807, 2.05) is 31.2 Å². The molecule has 1 heterocycles. The molecule has 0 N–H and O–H groups in total. The minimum absolute atomic E-state index is 0.670. The number of ether oxygens (including phenoxy) is 2. The van der Waals surface area contributed by atoms with E-state index in [0.717, 1.165) is 24.7 Å². The maximum absolute atomic E-state index is 5.87. The molecule has 1 aliphatic rings. The third-order valence-electron chi connectivity index (χ3n) is 3.73. The van der Waals surface area contributed by atoms with Gasteiger partial charge in [0.15, 0.2) is 11.5 Å². The van der Waals surface area contributed by atoms with Crippen LogP contribution in [0, 0.1) is 0 Å².